The SMILES string of the molecule is C[C@@H](NC(=O)C[NH+](C)CC(=O)NC1CC1)c1ccc(Cl)cc1Cl. The van der Waals surface area contributed by atoms with Crippen molar-refractivity contribution in [3.05, 3.63) is 33.8 Å². The van der Waals surface area contributed by atoms with Crippen LogP contribution in [0.15, 0.2) is 18.2 Å². The Morgan fingerprint density at radius 3 is 2.52 bits per heavy atom. The molecule has 1 saturated carbocycles. The van der Waals surface area contributed by atoms with Crippen LogP contribution in [-0.2, 0) is 9.59 Å². The van der Waals surface area contributed by atoms with E-state index in [1.54, 1.807) is 18.2 Å². The number of carbonyl (C=O) groups is 2. The van der Waals surface area contributed by atoms with Gasteiger partial charge in [0.05, 0.1) is 13.1 Å². The summed E-state index contributed by atoms with van der Waals surface area (Å²) in [6.07, 6.45) is 2.12. The molecule has 1 aliphatic rings. The topological polar surface area (TPSA) is 62.6 Å². The molecule has 1 aliphatic carbocycles. The van der Waals surface area contributed by atoms with Crippen LogP contribution in [0.4, 0.5) is 0 Å². The molecule has 0 bridgehead atoms. The minimum atomic E-state index is -0.222. The predicted molar refractivity (Wildman–Crippen MR) is 90.8 cm³/mol. The van der Waals surface area contributed by atoms with Crippen LogP contribution in [0.25, 0.3) is 0 Å². The van der Waals surface area contributed by atoms with E-state index in [0.717, 1.165) is 23.3 Å². The number of nitrogens with one attached hydrogen (secondary N) is 3. The Hall–Kier alpha value is -1.30. The molecule has 3 N–H and O–H groups in total. The third kappa shape index (κ3) is 6.01. The predicted octanol–water partition coefficient (Wildman–Crippen LogP) is 0.964. The molecule has 1 aromatic carbocycles. The minimum absolute atomic E-state index is 0.00778. The van der Waals surface area contributed by atoms with Gasteiger partial charge in [0, 0.05) is 16.1 Å². The molecular weight excluding hydrogens is 337 g/mol. The van der Waals surface area contributed by atoms with Gasteiger partial charge in [0.1, 0.15) is 0 Å². The van der Waals surface area contributed by atoms with Gasteiger partial charge >= 0.3 is 0 Å². The first-order chi connectivity index (χ1) is 10.8. The molecule has 23 heavy (non-hydrogen) atoms. The van der Waals surface area contributed by atoms with Crippen molar-refractivity contribution in [2.45, 2.75) is 31.8 Å². The Labute approximate surface area is 146 Å². The smallest absolute Gasteiger partial charge is 0.275 e. The molecule has 5 nitrogen and oxygen atoms in total. The highest BCUT2D eigenvalue weighted by molar-refractivity contribution is 6.35. The summed E-state index contributed by atoms with van der Waals surface area (Å²) in [4.78, 5) is 24.7. The Bertz CT molecular complexity index is 591. The van der Waals surface area contributed by atoms with E-state index < -0.39 is 0 Å². The molecular formula is C16H22Cl2N3O2+. The molecule has 2 amide bonds. The van der Waals surface area contributed by atoms with Crippen molar-refractivity contribution in [3.8, 4) is 0 Å². The van der Waals surface area contributed by atoms with Crippen molar-refractivity contribution in [2.24, 2.45) is 0 Å². The van der Waals surface area contributed by atoms with Gasteiger partial charge in [-0.2, -0.15) is 0 Å². The molecule has 126 valence electrons. The average Bonchev–Trinajstić information content (AvgIpc) is 3.21. The number of likely N-dealkylation sites (N-methyl/N-ethyl adjacent to an activating group) is 1. The van der Waals surface area contributed by atoms with E-state index in [0.29, 0.717) is 22.6 Å². The summed E-state index contributed by atoms with van der Waals surface area (Å²) >= 11 is 12.0. The summed E-state index contributed by atoms with van der Waals surface area (Å²) in [5.74, 6) is -0.133. The highest BCUT2D eigenvalue weighted by atomic mass is 35.5. The zero-order valence-electron chi connectivity index (χ0n) is 13.3. The van der Waals surface area contributed by atoms with Crippen molar-refractivity contribution in [2.75, 3.05) is 20.1 Å². The van der Waals surface area contributed by atoms with Crippen LogP contribution in [0, 0.1) is 0 Å². The molecule has 2 rings (SSSR count). The summed E-state index contributed by atoms with van der Waals surface area (Å²) < 4.78 is 0. The molecule has 0 aliphatic heterocycles. The molecule has 2 atom stereocenters. The lowest BCUT2D eigenvalue weighted by atomic mass is 10.1. The summed E-state index contributed by atoms with van der Waals surface area (Å²) in [6.45, 7) is 2.38. The normalized spacial score (nSPS) is 16.5. The van der Waals surface area contributed by atoms with Crippen molar-refractivity contribution >= 4 is 35.0 Å². The maximum atomic E-state index is 12.1. The van der Waals surface area contributed by atoms with E-state index in [1.807, 2.05) is 14.0 Å². The zero-order chi connectivity index (χ0) is 17.0. The van der Waals surface area contributed by atoms with Gasteiger partial charge in [0.15, 0.2) is 13.1 Å². The Morgan fingerprint density at radius 2 is 1.91 bits per heavy atom. The Kier molecular flexibility index (Phi) is 6.27. The highest BCUT2D eigenvalue weighted by Gasteiger charge is 2.25. The third-order valence-electron chi connectivity index (χ3n) is 3.67. The number of carbonyl (C=O) groups excluding carboxylic acids is 2. The lowest BCUT2D eigenvalue weighted by Gasteiger charge is -2.18. The van der Waals surface area contributed by atoms with E-state index in [1.165, 1.54) is 0 Å². The van der Waals surface area contributed by atoms with E-state index >= 15 is 0 Å². The van der Waals surface area contributed by atoms with E-state index in [4.69, 9.17) is 23.2 Å². The largest absolute Gasteiger partial charge is 0.348 e. The molecule has 0 saturated heterocycles. The number of benzene rings is 1. The summed E-state index contributed by atoms with van der Waals surface area (Å²) in [5.41, 5.74) is 0.813. The fraction of sp³-hybridized carbons (Fsp3) is 0.500. The van der Waals surface area contributed by atoms with Crippen LogP contribution in [0.5, 0.6) is 0 Å². The van der Waals surface area contributed by atoms with Crippen LogP contribution < -0.4 is 15.5 Å². The van der Waals surface area contributed by atoms with Gasteiger partial charge < -0.3 is 15.5 Å². The molecule has 0 radical (unpaired) electrons. The summed E-state index contributed by atoms with van der Waals surface area (Å²) in [5, 5.41) is 6.89. The lowest BCUT2D eigenvalue weighted by molar-refractivity contribution is -0.862. The molecule has 1 fully saturated rings. The molecule has 0 spiro atoms. The first-order valence-corrected chi connectivity index (χ1v) is 8.45. The molecule has 0 heterocycles. The van der Waals surface area contributed by atoms with Crippen LogP contribution >= 0.6 is 23.2 Å². The monoisotopic (exact) mass is 358 g/mol. The van der Waals surface area contributed by atoms with Crippen molar-refractivity contribution in [3.63, 3.8) is 0 Å². The third-order valence-corrected chi connectivity index (χ3v) is 4.24. The first-order valence-electron chi connectivity index (χ1n) is 7.70. The van der Waals surface area contributed by atoms with Gasteiger partial charge in [-0.15, -0.1) is 0 Å². The standard InChI is InChI=1S/C16H21Cl2N3O2/c1-10(13-6-3-11(17)7-14(13)18)19-15(22)8-21(2)9-16(23)20-12-4-5-12/h3,6-7,10,12H,4-5,8-9H2,1-2H3,(H,19,22)(H,20,23)/p+1/t10-/m1/s1. The number of hydrogen-bond donors (Lipinski definition) is 3. The number of amides is 2. The Balaban J connectivity index is 1.79. The number of hydrogen-bond acceptors (Lipinski definition) is 2. The zero-order valence-corrected chi connectivity index (χ0v) is 14.8. The summed E-state index contributed by atoms with van der Waals surface area (Å²) in [6, 6.07) is 5.32. The highest BCUT2D eigenvalue weighted by Crippen LogP contribution is 2.25. The second-order valence-electron chi connectivity index (χ2n) is 6.11. The maximum Gasteiger partial charge on any atom is 0.275 e. The average molecular weight is 359 g/mol. The van der Waals surface area contributed by atoms with Crippen molar-refractivity contribution in [1.29, 1.82) is 0 Å². The first kappa shape index (κ1) is 18.0. The lowest BCUT2D eigenvalue weighted by Crippen LogP contribution is -3.11. The van der Waals surface area contributed by atoms with Gasteiger partial charge in [0.25, 0.3) is 11.8 Å². The summed E-state index contributed by atoms with van der Waals surface area (Å²) in [7, 11) is 1.83. The van der Waals surface area contributed by atoms with E-state index in [2.05, 4.69) is 10.6 Å². The van der Waals surface area contributed by atoms with Gasteiger partial charge in [-0.05, 0) is 37.5 Å². The van der Waals surface area contributed by atoms with Crippen LogP contribution in [0.3, 0.4) is 0 Å². The fourth-order valence-electron chi connectivity index (χ4n) is 2.34. The van der Waals surface area contributed by atoms with Crippen LogP contribution in [0.1, 0.15) is 31.4 Å². The number of halogens is 2. The second-order valence-corrected chi connectivity index (χ2v) is 6.95. The number of quaternary nitrogens is 1. The van der Waals surface area contributed by atoms with Crippen LogP contribution in [0.2, 0.25) is 10.0 Å². The Morgan fingerprint density at radius 1 is 1.26 bits per heavy atom. The van der Waals surface area contributed by atoms with E-state index in [-0.39, 0.29) is 24.4 Å². The maximum absolute atomic E-state index is 12.1. The van der Waals surface area contributed by atoms with Gasteiger partial charge in [-0.1, -0.05) is 29.3 Å². The quantitative estimate of drug-likeness (QED) is 0.679. The van der Waals surface area contributed by atoms with Gasteiger partial charge in [-0.3, -0.25) is 9.59 Å². The molecule has 0 aromatic heterocycles. The van der Waals surface area contributed by atoms with E-state index in [9.17, 15) is 9.59 Å². The molecule has 7 heteroatoms. The molecule has 1 aromatic rings. The second kappa shape index (κ2) is 7.99. The number of rotatable bonds is 7. The minimum Gasteiger partial charge on any atom is -0.348 e. The van der Waals surface area contributed by atoms with Gasteiger partial charge in [-0.25, -0.2) is 0 Å². The molecule has 1 unspecified atom stereocenters. The van der Waals surface area contributed by atoms with Crippen molar-refractivity contribution < 1.29 is 14.5 Å². The van der Waals surface area contributed by atoms with Crippen LogP contribution in [-0.4, -0.2) is 38.0 Å². The van der Waals surface area contributed by atoms with Gasteiger partial charge in [0.2, 0.25) is 0 Å². The fourth-order valence-corrected chi connectivity index (χ4v) is 2.91. The van der Waals surface area contributed by atoms with Crippen molar-refractivity contribution in [1.82, 2.24) is 10.6 Å².